The highest BCUT2D eigenvalue weighted by molar-refractivity contribution is 6.31. The van der Waals surface area contributed by atoms with Crippen molar-refractivity contribution in [1.29, 1.82) is 0 Å². The van der Waals surface area contributed by atoms with E-state index in [0.717, 1.165) is 18.6 Å². The average molecular weight is 220 g/mol. The molecule has 14 heavy (non-hydrogen) atoms. The molecule has 0 bridgehead atoms. The minimum absolute atomic E-state index is 0.0439. The summed E-state index contributed by atoms with van der Waals surface area (Å²) >= 11 is 5.81. The summed E-state index contributed by atoms with van der Waals surface area (Å²) in [5.41, 5.74) is 0.593. The van der Waals surface area contributed by atoms with Gasteiger partial charge in [-0.05, 0) is 31.2 Å². The summed E-state index contributed by atoms with van der Waals surface area (Å²) in [6.07, 6.45) is 0.765. The van der Waals surface area contributed by atoms with E-state index >= 15 is 0 Å². The van der Waals surface area contributed by atoms with Crippen molar-refractivity contribution < 1.29 is 8.78 Å². The maximum atomic E-state index is 12.9. The molecule has 0 saturated carbocycles. The van der Waals surface area contributed by atoms with Gasteiger partial charge in [-0.1, -0.05) is 18.5 Å². The molecule has 1 unspecified atom stereocenters. The summed E-state index contributed by atoms with van der Waals surface area (Å²) in [5.74, 6) is -1.78. The van der Waals surface area contributed by atoms with E-state index in [1.54, 1.807) is 7.05 Å². The van der Waals surface area contributed by atoms with Crippen molar-refractivity contribution in [3.63, 3.8) is 0 Å². The van der Waals surface area contributed by atoms with Crippen molar-refractivity contribution in [3.8, 4) is 0 Å². The Morgan fingerprint density at radius 2 is 1.93 bits per heavy atom. The Morgan fingerprint density at radius 1 is 1.36 bits per heavy atom. The highest BCUT2D eigenvalue weighted by Gasteiger charge is 2.14. The van der Waals surface area contributed by atoms with Gasteiger partial charge in [0.2, 0.25) is 0 Å². The average Bonchev–Trinajstić information content (AvgIpc) is 2.15. The van der Waals surface area contributed by atoms with Crippen LogP contribution in [0.5, 0.6) is 0 Å². The molecule has 1 rings (SSSR count). The Labute approximate surface area is 87.1 Å². The minimum atomic E-state index is -0.912. The number of benzene rings is 1. The monoisotopic (exact) mass is 219 g/mol. The highest BCUT2D eigenvalue weighted by atomic mass is 35.5. The van der Waals surface area contributed by atoms with Crippen molar-refractivity contribution in [2.24, 2.45) is 0 Å². The molecule has 0 spiro atoms. The van der Waals surface area contributed by atoms with Gasteiger partial charge in [0.05, 0.1) is 0 Å². The molecule has 0 heterocycles. The van der Waals surface area contributed by atoms with Crippen molar-refractivity contribution in [2.45, 2.75) is 19.4 Å². The van der Waals surface area contributed by atoms with Crippen molar-refractivity contribution >= 4 is 11.6 Å². The van der Waals surface area contributed by atoms with Crippen LogP contribution in [0.3, 0.4) is 0 Å². The first-order valence-electron chi connectivity index (χ1n) is 4.41. The molecule has 1 nitrogen and oxygen atoms in total. The first-order valence-corrected chi connectivity index (χ1v) is 4.79. The predicted octanol–water partition coefficient (Wildman–Crippen LogP) is 3.29. The van der Waals surface area contributed by atoms with Crippen molar-refractivity contribution in [2.75, 3.05) is 7.05 Å². The zero-order valence-electron chi connectivity index (χ0n) is 8.07. The molecule has 1 N–H and O–H groups in total. The van der Waals surface area contributed by atoms with Crippen LogP contribution in [0.4, 0.5) is 8.78 Å². The zero-order valence-corrected chi connectivity index (χ0v) is 8.83. The molecule has 0 radical (unpaired) electrons. The Balaban J connectivity index is 3.14. The fourth-order valence-electron chi connectivity index (χ4n) is 1.38. The standard InChI is InChI=1S/C10H12ClF2N/c1-3-10(14-2)6-4-8(12)9(13)5-7(6)11/h4-5,10,14H,3H2,1-2H3. The third-order valence-electron chi connectivity index (χ3n) is 2.17. The summed E-state index contributed by atoms with van der Waals surface area (Å²) < 4.78 is 25.7. The van der Waals surface area contributed by atoms with Gasteiger partial charge in [0.15, 0.2) is 11.6 Å². The van der Waals surface area contributed by atoms with Gasteiger partial charge in [-0.15, -0.1) is 0 Å². The Morgan fingerprint density at radius 3 is 2.43 bits per heavy atom. The van der Waals surface area contributed by atoms with Gasteiger partial charge in [0.25, 0.3) is 0 Å². The van der Waals surface area contributed by atoms with Crippen LogP contribution in [0.15, 0.2) is 12.1 Å². The van der Waals surface area contributed by atoms with E-state index in [-0.39, 0.29) is 11.1 Å². The number of nitrogens with one attached hydrogen (secondary N) is 1. The van der Waals surface area contributed by atoms with E-state index in [4.69, 9.17) is 11.6 Å². The van der Waals surface area contributed by atoms with E-state index in [2.05, 4.69) is 5.32 Å². The molecule has 1 aromatic carbocycles. The normalized spacial score (nSPS) is 12.9. The van der Waals surface area contributed by atoms with Crippen molar-refractivity contribution in [1.82, 2.24) is 5.32 Å². The maximum absolute atomic E-state index is 12.9. The Kier molecular flexibility index (Phi) is 3.84. The van der Waals surface area contributed by atoms with Crippen LogP contribution in [-0.4, -0.2) is 7.05 Å². The number of rotatable bonds is 3. The van der Waals surface area contributed by atoms with E-state index < -0.39 is 11.6 Å². The molecule has 0 aliphatic carbocycles. The number of hydrogen-bond donors (Lipinski definition) is 1. The third kappa shape index (κ3) is 2.22. The van der Waals surface area contributed by atoms with Gasteiger partial charge in [0, 0.05) is 11.1 Å². The SMILES string of the molecule is CCC(NC)c1cc(F)c(F)cc1Cl. The molecule has 1 atom stereocenters. The summed E-state index contributed by atoms with van der Waals surface area (Å²) in [6.45, 7) is 1.94. The molecule has 0 aliphatic heterocycles. The molecule has 0 aromatic heterocycles. The quantitative estimate of drug-likeness (QED) is 0.770. The lowest BCUT2D eigenvalue weighted by molar-refractivity contribution is 0.500. The number of hydrogen-bond acceptors (Lipinski definition) is 1. The second kappa shape index (κ2) is 4.71. The summed E-state index contributed by atoms with van der Waals surface area (Å²) in [5, 5.41) is 3.24. The van der Waals surface area contributed by atoms with Crippen LogP contribution in [0.1, 0.15) is 24.9 Å². The van der Waals surface area contributed by atoms with Crippen LogP contribution in [0, 0.1) is 11.6 Å². The zero-order chi connectivity index (χ0) is 10.7. The van der Waals surface area contributed by atoms with Gasteiger partial charge in [0.1, 0.15) is 0 Å². The lowest BCUT2D eigenvalue weighted by Crippen LogP contribution is -2.16. The molecule has 1 aromatic rings. The van der Waals surface area contributed by atoms with Crippen LogP contribution in [-0.2, 0) is 0 Å². The largest absolute Gasteiger partial charge is 0.313 e. The van der Waals surface area contributed by atoms with Crippen LogP contribution < -0.4 is 5.32 Å². The van der Waals surface area contributed by atoms with Gasteiger partial charge < -0.3 is 5.32 Å². The van der Waals surface area contributed by atoms with Crippen LogP contribution in [0.25, 0.3) is 0 Å². The second-order valence-electron chi connectivity index (χ2n) is 3.04. The molecule has 0 amide bonds. The minimum Gasteiger partial charge on any atom is -0.313 e. The van der Waals surface area contributed by atoms with E-state index in [1.165, 1.54) is 0 Å². The Bertz CT molecular complexity index is 324. The molecule has 4 heteroatoms. The maximum Gasteiger partial charge on any atom is 0.160 e. The Hall–Kier alpha value is -0.670. The summed E-state index contributed by atoms with van der Waals surface area (Å²) in [6, 6.07) is 2.10. The molecule has 0 fully saturated rings. The molecule has 78 valence electrons. The third-order valence-corrected chi connectivity index (χ3v) is 2.50. The molecule has 0 aliphatic rings. The number of halogens is 3. The summed E-state index contributed by atoms with van der Waals surface area (Å²) in [4.78, 5) is 0. The van der Waals surface area contributed by atoms with Crippen molar-refractivity contribution in [3.05, 3.63) is 34.4 Å². The van der Waals surface area contributed by atoms with Crippen LogP contribution in [0.2, 0.25) is 5.02 Å². The van der Waals surface area contributed by atoms with E-state index in [1.807, 2.05) is 6.92 Å². The first kappa shape index (κ1) is 11.4. The van der Waals surface area contributed by atoms with Crippen LogP contribution >= 0.6 is 11.6 Å². The van der Waals surface area contributed by atoms with Gasteiger partial charge in [-0.3, -0.25) is 0 Å². The van der Waals surface area contributed by atoms with Gasteiger partial charge >= 0.3 is 0 Å². The first-order chi connectivity index (χ1) is 6.60. The van der Waals surface area contributed by atoms with E-state index in [0.29, 0.717) is 5.56 Å². The fourth-order valence-corrected chi connectivity index (χ4v) is 1.67. The second-order valence-corrected chi connectivity index (χ2v) is 3.44. The predicted molar refractivity (Wildman–Crippen MR) is 53.5 cm³/mol. The topological polar surface area (TPSA) is 12.0 Å². The molecule has 0 saturated heterocycles. The molecular weight excluding hydrogens is 208 g/mol. The highest BCUT2D eigenvalue weighted by Crippen LogP contribution is 2.27. The summed E-state index contributed by atoms with van der Waals surface area (Å²) in [7, 11) is 1.76. The molecular formula is C10H12ClF2N. The fraction of sp³-hybridized carbons (Fsp3) is 0.400. The smallest absolute Gasteiger partial charge is 0.160 e. The van der Waals surface area contributed by atoms with E-state index in [9.17, 15) is 8.78 Å². The lowest BCUT2D eigenvalue weighted by Gasteiger charge is -2.15. The van der Waals surface area contributed by atoms with Gasteiger partial charge in [-0.25, -0.2) is 8.78 Å². The van der Waals surface area contributed by atoms with Gasteiger partial charge in [-0.2, -0.15) is 0 Å². The lowest BCUT2D eigenvalue weighted by atomic mass is 10.0.